The first-order chi connectivity index (χ1) is 4.22. The zero-order chi connectivity index (χ0) is 7.28. The predicted octanol–water partition coefficient (Wildman–Crippen LogP) is 3.13. The first-order valence-electron chi connectivity index (χ1n) is 3.34. The fourth-order valence-corrected chi connectivity index (χ4v) is 1.26. The molecule has 0 nitrogen and oxygen atoms in total. The third-order valence-electron chi connectivity index (χ3n) is 1.78. The van der Waals surface area contributed by atoms with Crippen molar-refractivity contribution in [2.24, 2.45) is 11.8 Å². The summed E-state index contributed by atoms with van der Waals surface area (Å²) >= 11 is 11.2. The Morgan fingerprint density at radius 1 is 1.11 bits per heavy atom. The quantitative estimate of drug-likeness (QED) is 0.567. The molecule has 0 aromatic rings. The molecule has 0 fully saturated rings. The fourth-order valence-electron chi connectivity index (χ4n) is 0.609. The minimum absolute atomic E-state index is 0.602. The molecule has 56 valence electrons. The van der Waals surface area contributed by atoms with Gasteiger partial charge in [-0.1, -0.05) is 13.8 Å². The van der Waals surface area contributed by atoms with Crippen LogP contribution in [0, 0.1) is 11.8 Å². The highest BCUT2D eigenvalue weighted by molar-refractivity contribution is 6.18. The molecule has 0 aromatic carbocycles. The van der Waals surface area contributed by atoms with Gasteiger partial charge in [-0.25, -0.2) is 0 Å². The van der Waals surface area contributed by atoms with Crippen molar-refractivity contribution in [3.63, 3.8) is 0 Å². The Morgan fingerprint density at radius 2 is 1.67 bits per heavy atom. The molecule has 0 aliphatic carbocycles. The van der Waals surface area contributed by atoms with Gasteiger partial charge >= 0.3 is 0 Å². The van der Waals surface area contributed by atoms with Crippen LogP contribution in [-0.2, 0) is 0 Å². The largest absolute Gasteiger partial charge is 0.127 e. The van der Waals surface area contributed by atoms with Gasteiger partial charge in [0.1, 0.15) is 0 Å². The van der Waals surface area contributed by atoms with Crippen LogP contribution in [0.15, 0.2) is 0 Å². The van der Waals surface area contributed by atoms with Gasteiger partial charge in [-0.15, -0.1) is 23.2 Å². The molecule has 0 radical (unpaired) electrons. The molecule has 0 saturated carbocycles. The van der Waals surface area contributed by atoms with Crippen molar-refractivity contribution in [1.82, 2.24) is 0 Å². The number of alkyl halides is 2. The molecule has 0 spiro atoms. The molecular formula is C7H14Cl2. The summed E-state index contributed by atoms with van der Waals surface area (Å²) < 4.78 is 0. The maximum absolute atomic E-state index is 5.64. The Labute approximate surface area is 67.5 Å². The van der Waals surface area contributed by atoms with Gasteiger partial charge in [0.05, 0.1) is 0 Å². The Morgan fingerprint density at radius 3 is 2.00 bits per heavy atom. The lowest BCUT2D eigenvalue weighted by Gasteiger charge is -2.14. The van der Waals surface area contributed by atoms with Crippen molar-refractivity contribution < 1.29 is 0 Å². The molecule has 9 heavy (non-hydrogen) atoms. The highest BCUT2D eigenvalue weighted by atomic mass is 35.5. The molecule has 0 aliphatic heterocycles. The van der Waals surface area contributed by atoms with E-state index in [0.29, 0.717) is 11.8 Å². The topological polar surface area (TPSA) is 0 Å². The van der Waals surface area contributed by atoms with Crippen LogP contribution >= 0.6 is 23.2 Å². The van der Waals surface area contributed by atoms with Crippen LogP contribution in [0.1, 0.15) is 20.3 Å². The van der Waals surface area contributed by atoms with E-state index in [2.05, 4.69) is 13.8 Å². The third kappa shape index (κ3) is 4.05. The van der Waals surface area contributed by atoms with E-state index in [-0.39, 0.29) is 0 Å². The smallest absolute Gasteiger partial charge is 0.0251 e. The van der Waals surface area contributed by atoms with Crippen LogP contribution in [0.25, 0.3) is 0 Å². The molecule has 0 N–H and O–H groups in total. The van der Waals surface area contributed by atoms with Gasteiger partial charge in [-0.3, -0.25) is 0 Å². The molecule has 0 heterocycles. The van der Waals surface area contributed by atoms with E-state index >= 15 is 0 Å². The highest BCUT2D eigenvalue weighted by Gasteiger charge is 2.08. The van der Waals surface area contributed by atoms with Crippen LogP contribution < -0.4 is 0 Å². The van der Waals surface area contributed by atoms with Gasteiger partial charge in [0.15, 0.2) is 0 Å². The number of hydrogen-bond donors (Lipinski definition) is 0. The lowest BCUT2D eigenvalue weighted by atomic mass is 9.96. The monoisotopic (exact) mass is 168 g/mol. The average Bonchev–Trinajstić information content (AvgIpc) is 1.87. The summed E-state index contributed by atoms with van der Waals surface area (Å²) in [6.45, 7) is 4.35. The minimum atomic E-state index is 0.602. The summed E-state index contributed by atoms with van der Waals surface area (Å²) in [5.41, 5.74) is 0. The summed E-state index contributed by atoms with van der Waals surface area (Å²) in [5.74, 6) is 2.77. The van der Waals surface area contributed by atoms with Gasteiger partial charge < -0.3 is 0 Å². The zero-order valence-electron chi connectivity index (χ0n) is 6.03. The minimum Gasteiger partial charge on any atom is -0.127 e. The molecule has 0 amide bonds. The Hall–Kier alpha value is 0.580. The molecule has 0 rings (SSSR count). The Bertz CT molecular complexity index is 63.9. The van der Waals surface area contributed by atoms with Gasteiger partial charge in [0.25, 0.3) is 0 Å². The van der Waals surface area contributed by atoms with E-state index in [1.54, 1.807) is 0 Å². The van der Waals surface area contributed by atoms with Crippen molar-refractivity contribution in [3.8, 4) is 0 Å². The van der Waals surface area contributed by atoms with Gasteiger partial charge in [-0.2, -0.15) is 0 Å². The predicted molar refractivity (Wildman–Crippen MR) is 44.4 cm³/mol. The fraction of sp³-hybridized carbons (Fsp3) is 1.00. The summed E-state index contributed by atoms with van der Waals surface area (Å²) in [6, 6.07) is 0. The standard InChI is InChI=1S/C7H14Cl2/c1-6(3-4-8)7(2)5-9/h6-7H,3-5H2,1-2H3. The Balaban J connectivity index is 3.32. The van der Waals surface area contributed by atoms with Crippen molar-refractivity contribution >= 4 is 23.2 Å². The van der Waals surface area contributed by atoms with E-state index in [4.69, 9.17) is 23.2 Å². The van der Waals surface area contributed by atoms with Crippen LogP contribution in [0.4, 0.5) is 0 Å². The molecule has 2 heteroatoms. The van der Waals surface area contributed by atoms with E-state index < -0.39 is 0 Å². The second-order valence-electron chi connectivity index (χ2n) is 2.59. The van der Waals surface area contributed by atoms with E-state index in [0.717, 1.165) is 18.2 Å². The maximum atomic E-state index is 5.64. The van der Waals surface area contributed by atoms with E-state index in [1.165, 1.54) is 0 Å². The average molecular weight is 169 g/mol. The molecule has 0 aromatic heterocycles. The molecule has 2 unspecified atom stereocenters. The van der Waals surface area contributed by atoms with E-state index in [9.17, 15) is 0 Å². The number of rotatable bonds is 4. The van der Waals surface area contributed by atoms with Crippen molar-refractivity contribution in [1.29, 1.82) is 0 Å². The SMILES string of the molecule is CC(CCl)C(C)CCCl. The molecular weight excluding hydrogens is 155 g/mol. The zero-order valence-corrected chi connectivity index (χ0v) is 7.54. The first-order valence-corrected chi connectivity index (χ1v) is 4.41. The van der Waals surface area contributed by atoms with Crippen LogP contribution in [0.3, 0.4) is 0 Å². The van der Waals surface area contributed by atoms with Crippen molar-refractivity contribution in [2.45, 2.75) is 20.3 Å². The summed E-state index contributed by atoms with van der Waals surface area (Å²) in [6.07, 6.45) is 1.08. The summed E-state index contributed by atoms with van der Waals surface area (Å²) in [4.78, 5) is 0. The van der Waals surface area contributed by atoms with Crippen LogP contribution in [0.2, 0.25) is 0 Å². The molecule has 0 bridgehead atoms. The van der Waals surface area contributed by atoms with Crippen LogP contribution in [0.5, 0.6) is 0 Å². The Kier molecular flexibility index (Phi) is 5.72. The number of halogens is 2. The molecule has 0 aliphatic rings. The second kappa shape index (κ2) is 5.37. The summed E-state index contributed by atoms with van der Waals surface area (Å²) in [7, 11) is 0. The van der Waals surface area contributed by atoms with Crippen molar-refractivity contribution in [3.05, 3.63) is 0 Å². The lowest BCUT2D eigenvalue weighted by Crippen LogP contribution is -2.09. The highest BCUT2D eigenvalue weighted by Crippen LogP contribution is 2.16. The first kappa shape index (κ1) is 9.58. The van der Waals surface area contributed by atoms with Crippen molar-refractivity contribution in [2.75, 3.05) is 11.8 Å². The maximum Gasteiger partial charge on any atom is 0.0251 e. The lowest BCUT2D eigenvalue weighted by molar-refractivity contribution is 0.414. The number of hydrogen-bond acceptors (Lipinski definition) is 0. The summed E-state index contributed by atoms with van der Waals surface area (Å²) in [5, 5.41) is 0. The van der Waals surface area contributed by atoms with Gasteiger partial charge in [-0.05, 0) is 18.3 Å². The second-order valence-corrected chi connectivity index (χ2v) is 3.27. The molecule has 2 atom stereocenters. The normalized spacial score (nSPS) is 17.3. The van der Waals surface area contributed by atoms with E-state index in [1.807, 2.05) is 0 Å². The van der Waals surface area contributed by atoms with Gasteiger partial charge in [0.2, 0.25) is 0 Å². The van der Waals surface area contributed by atoms with Crippen LogP contribution in [-0.4, -0.2) is 11.8 Å². The van der Waals surface area contributed by atoms with Gasteiger partial charge in [0, 0.05) is 11.8 Å². The third-order valence-corrected chi connectivity index (χ3v) is 2.48. The molecule has 0 saturated heterocycles.